The normalized spacial score (nSPS) is 33.6. The highest BCUT2D eigenvalue weighted by Gasteiger charge is 2.40. The topological polar surface area (TPSA) is 18.5 Å². The van der Waals surface area contributed by atoms with Crippen molar-refractivity contribution in [3.05, 3.63) is 0 Å². The van der Waals surface area contributed by atoms with E-state index in [1.54, 1.807) is 37.7 Å². The van der Waals surface area contributed by atoms with Gasteiger partial charge in [0.2, 0.25) is 8.77 Å². The van der Waals surface area contributed by atoms with Crippen molar-refractivity contribution >= 4 is 68.5 Å². The van der Waals surface area contributed by atoms with Gasteiger partial charge in [0.1, 0.15) is 0 Å². The molecule has 0 aromatic heterocycles. The predicted molar refractivity (Wildman–Crippen MR) is 95.6 cm³/mol. The molecular weight excluding hydrogens is 336 g/mol. The van der Waals surface area contributed by atoms with E-state index in [0.717, 1.165) is 0 Å². The Kier molecular flexibility index (Phi) is 6.59. The third-order valence-electron chi connectivity index (χ3n) is 3.48. The molecule has 0 saturated carbocycles. The number of thioether (sulfide) groups is 3. The van der Waals surface area contributed by atoms with Crippen molar-refractivity contribution in [3.63, 3.8) is 0 Å². The molecule has 4 unspecified atom stereocenters. The molecule has 2 fully saturated rings. The fraction of sp³-hybridized carbons (Fsp3) is 0.833. The van der Waals surface area contributed by atoms with E-state index < -0.39 is 0 Å². The number of hydrogen-bond acceptors (Lipinski definition) is 7. The Morgan fingerprint density at radius 1 is 0.895 bits per heavy atom. The third kappa shape index (κ3) is 4.40. The van der Waals surface area contributed by atoms with Crippen molar-refractivity contribution < 1.29 is 9.47 Å². The van der Waals surface area contributed by atoms with Crippen LogP contribution in [-0.4, -0.2) is 44.0 Å². The molecule has 2 aliphatic rings. The predicted octanol–water partition coefficient (Wildman–Crippen LogP) is 4.11. The standard InChI is InChI=1S/C12H18O2S5/c1-13-11(15)18-9-5-3-8-10(19-12(16)14-2)6-4-7(9)17-8/h7-10H,3-6H2,1-2H3. The Bertz CT molecular complexity index is 317. The first-order valence-electron chi connectivity index (χ1n) is 6.28. The molecule has 7 heteroatoms. The van der Waals surface area contributed by atoms with E-state index in [9.17, 15) is 0 Å². The number of hydrogen-bond donors (Lipinski definition) is 0. The molecule has 0 aromatic carbocycles. The summed E-state index contributed by atoms with van der Waals surface area (Å²) in [7, 11) is 3.32. The first kappa shape index (κ1) is 16.2. The van der Waals surface area contributed by atoms with Gasteiger partial charge in [-0.3, -0.25) is 0 Å². The average molecular weight is 355 g/mol. The van der Waals surface area contributed by atoms with Crippen LogP contribution >= 0.6 is 59.7 Å². The molecule has 108 valence electrons. The molecule has 0 aromatic rings. The fourth-order valence-electron chi connectivity index (χ4n) is 2.55. The number of fused-ring (bicyclic) bond motifs is 2. The van der Waals surface area contributed by atoms with E-state index in [0.29, 0.717) is 29.8 Å². The van der Waals surface area contributed by atoms with Gasteiger partial charge in [-0.05, 0) is 50.1 Å². The van der Waals surface area contributed by atoms with Crippen LogP contribution in [-0.2, 0) is 9.47 Å². The van der Waals surface area contributed by atoms with Crippen LogP contribution in [0.4, 0.5) is 0 Å². The highest BCUT2D eigenvalue weighted by Crippen LogP contribution is 2.49. The summed E-state index contributed by atoms with van der Waals surface area (Å²) in [6.45, 7) is 0. The summed E-state index contributed by atoms with van der Waals surface area (Å²) in [6.07, 6.45) is 4.95. The lowest BCUT2D eigenvalue weighted by Crippen LogP contribution is -2.40. The first-order valence-corrected chi connectivity index (χ1v) is 9.80. The van der Waals surface area contributed by atoms with Crippen molar-refractivity contribution in [2.75, 3.05) is 14.2 Å². The Labute approximate surface area is 138 Å². The SMILES string of the molecule is COC(=S)SC1CCC2SC1CCC2SC(=S)OC. The van der Waals surface area contributed by atoms with Crippen molar-refractivity contribution in [1.82, 2.24) is 0 Å². The van der Waals surface area contributed by atoms with Gasteiger partial charge in [0.15, 0.2) is 0 Å². The summed E-state index contributed by atoms with van der Waals surface area (Å²) in [5.74, 6) is 0. The monoisotopic (exact) mass is 354 g/mol. The van der Waals surface area contributed by atoms with Gasteiger partial charge in [-0.2, -0.15) is 11.8 Å². The zero-order valence-electron chi connectivity index (χ0n) is 11.0. The van der Waals surface area contributed by atoms with Gasteiger partial charge in [-0.15, -0.1) is 0 Å². The van der Waals surface area contributed by atoms with E-state index in [1.807, 2.05) is 0 Å². The summed E-state index contributed by atoms with van der Waals surface area (Å²) in [4.78, 5) is 0. The van der Waals surface area contributed by atoms with Crippen molar-refractivity contribution in [1.29, 1.82) is 0 Å². The van der Waals surface area contributed by atoms with Crippen LogP contribution in [0.2, 0.25) is 0 Å². The lowest BCUT2D eigenvalue weighted by atomic mass is 9.98. The molecule has 2 bridgehead atoms. The maximum atomic E-state index is 5.17. The molecule has 0 radical (unpaired) electrons. The molecule has 2 nitrogen and oxygen atoms in total. The number of ether oxygens (including phenoxy) is 2. The average Bonchev–Trinajstić information content (AvgIpc) is 2.44. The Morgan fingerprint density at radius 3 is 1.68 bits per heavy atom. The van der Waals surface area contributed by atoms with Crippen LogP contribution in [0.3, 0.4) is 0 Å². The highest BCUT2D eigenvalue weighted by atomic mass is 32.2. The van der Waals surface area contributed by atoms with Gasteiger partial charge in [0.25, 0.3) is 0 Å². The molecule has 2 rings (SSSR count). The molecule has 19 heavy (non-hydrogen) atoms. The van der Waals surface area contributed by atoms with E-state index >= 15 is 0 Å². The minimum absolute atomic E-state index is 0.619. The second-order valence-electron chi connectivity index (χ2n) is 4.59. The Morgan fingerprint density at radius 2 is 1.32 bits per heavy atom. The summed E-state index contributed by atoms with van der Waals surface area (Å²) < 4.78 is 11.6. The van der Waals surface area contributed by atoms with Gasteiger partial charge in [0, 0.05) is 21.0 Å². The van der Waals surface area contributed by atoms with Crippen LogP contribution in [0, 0.1) is 0 Å². The Hall–Kier alpha value is 0.830. The quantitative estimate of drug-likeness (QED) is 0.686. The molecular formula is C12H18O2S5. The smallest absolute Gasteiger partial charge is 0.219 e. The maximum Gasteiger partial charge on any atom is 0.219 e. The van der Waals surface area contributed by atoms with Crippen LogP contribution in [0.1, 0.15) is 25.7 Å². The molecule has 0 spiro atoms. The lowest BCUT2D eigenvalue weighted by Gasteiger charge is -2.43. The number of thiocarbonyl (C=S) groups is 2. The summed E-state index contributed by atoms with van der Waals surface area (Å²) in [6, 6.07) is 0. The van der Waals surface area contributed by atoms with E-state index in [1.165, 1.54) is 25.7 Å². The lowest BCUT2D eigenvalue weighted by molar-refractivity contribution is 0.424. The minimum atomic E-state index is 0.619. The summed E-state index contributed by atoms with van der Waals surface area (Å²) in [5, 5.41) is 2.66. The largest absolute Gasteiger partial charge is 0.482 e. The van der Waals surface area contributed by atoms with Crippen LogP contribution < -0.4 is 0 Å². The fourth-order valence-corrected chi connectivity index (χ4v) is 7.40. The van der Waals surface area contributed by atoms with Crippen molar-refractivity contribution in [3.8, 4) is 0 Å². The molecule has 4 atom stereocenters. The first-order chi connectivity index (χ1) is 9.13. The van der Waals surface area contributed by atoms with Gasteiger partial charge in [-0.25, -0.2) is 0 Å². The van der Waals surface area contributed by atoms with Crippen LogP contribution in [0.25, 0.3) is 0 Å². The van der Waals surface area contributed by atoms with Crippen molar-refractivity contribution in [2.24, 2.45) is 0 Å². The maximum absolute atomic E-state index is 5.17. The molecule has 0 N–H and O–H groups in total. The zero-order chi connectivity index (χ0) is 13.8. The second kappa shape index (κ2) is 7.73. The molecule has 2 aliphatic heterocycles. The van der Waals surface area contributed by atoms with Crippen LogP contribution in [0.15, 0.2) is 0 Å². The van der Waals surface area contributed by atoms with Gasteiger partial charge in [0.05, 0.1) is 14.2 Å². The molecule has 0 aliphatic carbocycles. The highest BCUT2D eigenvalue weighted by molar-refractivity contribution is 8.24. The van der Waals surface area contributed by atoms with Gasteiger partial charge in [-0.1, -0.05) is 23.5 Å². The minimum Gasteiger partial charge on any atom is -0.482 e. The van der Waals surface area contributed by atoms with Crippen molar-refractivity contribution in [2.45, 2.75) is 46.7 Å². The van der Waals surface area contributed by atoms with Crippen LogP contribution in [0.5, 0.6) is 0 Å². The number of rotatable bonds is 2. The summed E-state index contributed by atoms with van der Waals surface area (Å²) in [5.41, 5.74) is 0. The Balaban J connectivity index is 1.87. The zero-order valence-corrected chi connectivity index (χ0v) is 15.1. The second-order valence-corrected chi connectivity index (χ2v) is 9.75. The summed E-state index contributed by atoms with van der Waals surface area (Å²) >= 11 is 16.0. The number of methoxy groups -OCH3 is 2. The molecule has 2 saturated heterocycles. The molecule has 2 heterocycles. The molecule has 0 amide bonds. The van der Waals surface area contributed by atoms with E-state index in [4.69, 9.17) is 33.9 Å². The third-order valence-corrected chi connectivity index (χ3v) is 9.01. The van der Waals surface area contributed by atoms with E-state index in [2.05, 4.69) is 11.8 Å². The van der Waals surface area contributed by atoms with Gasteiger partial charge >= 0.3 is 0 Å². The van der Waals surface area contributed by atoms with Gasteiger partial charge < -0.3 is 9.47 Å². The van der Waals surface area contributed by atoms with E-state index in [-0.39, 0.29) is 0 Å².